The number of rotatable bonds is 4. The van der Waals surface area contributed by atoms with Gasteiger partial charge in [0.2, 0.25) is 17.2 Å². The Labute approximate surface area is 129 Å². The van der Waals surface area contributed by atoms with Crippen LogP contribution in [0.25, 0.3) is 0 Å². The van der Waals surface area contributed by atoms with Gasteiger partial charge in [-0.1, -0.05) is 37.5 Å². The molecule has 1 fully saturated rings. The van der Waals surface area contributed by atoms with Crippen LogP contribution in [0.5, 0.6) is 0 Å². The fourth-order valence-corrected chi connectivity index (χ4v) is 2.71. The summed E-state index contributed by atoms with van der Waals surface area (Å²) in [4.78, 5) is 12.7. The van der Waals surface area contributed by atoms with E-state index in [1.165, 1.54) is 19.3 Å². The van der Waals surface area contributed by atoms with E-state index < -0.39 is 0 Å². The summed E-state index contributed by atoms with van der Waals surface area (Å²) in [6.45, 7) is 0. The molecule has 0 amide bonds. The third-order valence-electron chi connectivity index (χ3n) is 3.58. The van der Waals surface area contributed by atoms with Gasteiger partial charge in [-0.25, -0.2) is 0 Å². The number of halogens is 1. The van der Waals surface area contributed by atoms with Crippen molar-refractivity contribution in [3.05, 3.63) is 35.6 Å². The minimum Gasteiger partial charge on any atom is -0.351 e. The fraction of sp³-hybridized carbons (Fsp3) is 0.400. The first kappa shape index (κ1) is 14.1. The first-order valence-corrected chi connectivity index (χ1v) is 7.67. The molecule has 2 aromatic rings. The monoisotopic (exact) mass is 303 g/mol. The highest BCUT2D eigenvalue weighted by Crippen LogP contribution is 2.21. The third-order valence-corrected chi connectivity index (χ3v) is 3.75. The van der Waals surface area contributed by atoms with E-state index in [0.717, 1.165) is 18.5 Å². The Bertz CT molecular complexity index is 584. The van der Waals surface area contributed by atoms with Crippen molar-refractivity contribution in [2.45, 2.75) is 38.1 Å². The summed E-state index contributed by atoms with van der Waals surface area (Å²) >= 11 is 5.99. The second-order valence-corrected chi connectivity index (χ2v) is 5.56. The Morgan fingerprint density at radius 3 is 2.38 bits per heavy atom. The molecule has 6 heteroatoms. The maximum absolute atomic E-state index is 5.99. The molecule has 0 radical (unpaired) electrons. The number of nitrogens with one attached hydrogen (secondary N) is 2. The van der Waals surface area contributed by atoms with E-state index in [4.69, 9.17) is 11.6 Å². The quantitative estimate of drug-likeness (QED) is 0.893. The van der Waals surface area contributed by atoms with Crippen LogP contribution in [0.15, 0.2) is 30.3 Å². The van der Waals surface area contributed by atoms with Crippen molar-refractivity contribution >= 4 is 29.2 Å². The summed E-state index contributed by atoms with van der Waals surface area (Å²) in [6, 6.07) is 10.2. The van der Waals surface area contributed by atoms with Crippen LogP contribution >= 0.6 is 11.6 Å². The summed E-state index contributed by atoms with van der Waals surface area (Å²) in [5.41, 5.74) is 0.920. The van der Waals surface area contributed by atoms with Gasteiger partial charge in [0.25, 0.3) is 0 Å². The van der Waals surface area contributed by atoms with Crippen molar-refractivity contribution in [1.82, 2.24) is 15.0 Å². The number of nitrogens with zero attached hydrogens (tertiary/aromatic N) is 3. The van der Waals surface area contributed by atoms with Gasteiger partial charge >= 0.3 is 0 Å². The molecule has 0 bridgehead atoms. The zero-order chi connectivity index (χ0) is 14.5. The average Bonchev–Trinajstić information content (AvgIpc) is 2.48. The van der Waals surface area contributed by atoms with Crippen LogP contribution in [0, 0.1) is 0 Å². The second kappa shape index (κ2) is 6.72. The standard InChI is InChI=1S/C15H18ClN5/c16-13-19-14(17-11-7-3-1-4-8-11)21-15(20-13)18-12-9-5-2-6-10-12/h1,3-4,7-8,12H,2,5-6,9-10H2,(H2,17,18,19,20,21). The molecule has 5 nitrogen and oxygen atoms in total. The lowest BCUT2D eigenvalue weighted by molar-refractivity contribution is 0.461. The van der Waals surface area contributed by atoms with E-state index in [9.17, 15) is 0 Å². The zero-order valence-corrected chi connectivity index (χ0v) is 12.5. The van der Waals surface area contributed by atoms with Crippen molar-refractivity contribution in [3.63, 3.8) is 0 Å². The summed E-state index contributed by atoms with van der Waals surface area (Å²) in [7, 11) is 0. The molecule has 1 saturated carbocycles. The van der Waals surface area contributed by atoms with Crippen LogP contribution in [-0.2, 0) is 0 Å². The molecular weight excluding hydrogens is 286 g/mol. The third kappa shape index (κ3) is 4.04. The Morgan fingerprint density at radius 2 is 1.62 bits per heavy atom. The lowest BCUT2D eigenvalue weighted by atomic mass is 9.96. The van der Waals surface area contributed by atoms with E-state index in [2.05, 4.69) is 25.6 Å². The molecule has 0 atom stereocenters. The molecule has 0 spiro atoms. The number of hydrogen-bond donors (Lipinski definition) is 2. The largest absolute Gasteiger partial charge is 0.351 e. The van der Waals surface area contributed by atoms with E-state index in [1.807, 2.05) is 30.3 Å². The Kier molecular flexibility index (Phi) is 4.50. The number of para-hydroxylation sites is 1. The van der Waals surface area contributed by atoms with Crippen molar-refractivity contribution in [3.8, 4) is 0 Å². The topological polar surface area (TPSA) is 62.7 Å². The molecule has 0 saturated heterocycles. The summed E-state index contributed by atoms with van der Waals surface area (Å²) in [6.07, 6.45) is 6.14. The molecule has 1 heterocycles. The summed E-state index contributed by atoms with van der Waals surface area (Å²) in [5, 5.41) is 6.69. The van der Waals surface area contributed by atoms with Gasteiger partial charge in [0.05, 0.1) is 0 Å². The van der Waals surface area contributed by atoms with E-state index in [-0.39, 0.29) is 5.28 Å². The lowest BCUT2D eigenvalue weighted by Gasteiger charge is -2.22. The SMILES string of the molecule is Clc1nc(Nc2ccccc2)nc(NC2CCCCC2)n1. The van der Waals surface area contributed by atoms with E-state index in [0.29, 0.717) is 17.9 Å². The number of anilines is 3. The smallest absolute Gasteiger partial charge is 0.233 e. The lowest BCUT2D eigenvalue weighted by Crippen LogP contribution is -2.23. The molecule has 0 unspecified atom stereocenters. The fourth-order valence-electron chi connectivity index (χ4n) is 2.55. The van der Waals surface area contributed by atoms with Gasteiger partial charge in [-0.3, -0.25) is 0 Å². The first-order chi connectivity index (χ1) is 10.3. The summed E-state index contributed by atoms with van der Waals surface area (Å²) < 4.78 is 0. The van der Waals surface area contributed by atoms with Crippen LogP contribution in [0.3, 0.4) is 0 Å². The second-order valence-electron chi connectivity index (χ2n) is 5.22. The van der Waals surface area contributed by atoms with Gasteiger partial charge < -0.3 is 10.6 Å². The maximum Gasteiger partial charge on any atom is 0.233 e. The Hall–Kier alpha value is -1.88. The number of aromatic nitrogens is 3. The van der Waals surface area contributed by atoms with Crippen LogP contribution < -0.4 is 10.6 Å². The van der Waals surface area contributed by atoms with Crippen LogP contribution in [0.2, 0.25) is 5.28 Å². The molecule has 1 aliphatic carbocycles. The molecule has 0 aliphatic heterocycles. The van der Waals surface area contributed by atoms with Gasteiger partial charge in [0.1, 0.15) is 0 Å². The normalized spacial score (nSPS) is 15.7. The first-order valence-electron chi connectivity index (χ1n) is 7.30. The van der Waals surface area contributed by atoms with Crippen molar-refractivity contribution in [2.75, 3.05) is 10.6 Å². The molecule has 1 aromatic carbocycles. The van der Waals surface area contributed by atoms with Crippen molar-refractivity contribution in [2.24, 2.45) is 0 Å². The molecule has 1 aliphatic rings. The number of hydrogen-bond acceptors (Lipinski definition) is 5. The summed E-state index contributed by atoms with van der Waals surface area (Å²) in [5.74, 6) is 1.000. The van der Waals surface area contributed by atoms with Crippen LogP contribution in [0.1, 0.15) is 32.1 Å². The van der Waals surface area contributed by atoms with Crippen LogP contribution in [0.4, 0.5) is 17.6 Å². The molecule has 21 heavy (non-hydrogen) atoms. The predicted octanol–water partition coefficient (Wildman–Crippen LogP) is 4.01. The van der Waals surface area contributed by atoms with Gasteiger partial charge in [-0.05, 0) is 36.6 Å². The zero-order valence-electron chi connectivity index (χ0n) is 11.7. The van der Waals surface area contributed by atoms with Gasteiger partial charge in [0.15, 0.2) is 0 Å². The number of benzene rings is 1. The highest BCUT2D eigenvalue weighted by Gasteiger charge is 2.15. The molecule has 3 rings (SSSR count). The molecule has 110 valence electrons. The van der Waals surface area contributed by atoms with E-state index in [1.54, 1.807) is 0 Å². The highest BCUT2D eigenvalue weighted by molar-refractivity contribution is 6.28. The van der Waals surface area contributed by atoms with Crippen LogP contribution in [-0.4, -0.2) is 21.0 Å². The molecular formula is C15H18ClN5. The molecule has 2 N–H and O–H groups in total. The Morgan fingerprint density at radius 1 is 0.905 bits per heavy atom. The average molecular weight is 304 g/mol. The van der Waals surface area contributed by atoms with Gasteiger partial charge in [-0.15, -0.1) is 0 Å². The maximum atomic E-state index is 5.99. The molecule has 1 aromatic heterocycles. The van der Waals surface area contributed by atoms with E-state index >= 15 is 0 Å². The van der Waals surface area contributed by atoms with Gasteiger partial charge in [0, 0.05) is 11.7 Å². The highest BCUT2D eigenvalue weighted by atomic mass is 35.5. The minimum absolute atomic E-state index is 0.196. The van der Waals surface area contributed by atoms with Gasteiger partial charge in [-0.2, -0.15) is 15.0 Å². The van der Waals surface area contributed by atoms with Crippen molar-refractivity contribution in [1.29, 1.82) is 0 Å². The Balaban J connectivity index is 1.73. The minimum atomic E-state index is 0.196. The van der Waals surface area contributed by atoms with Crippen molar-refractivity contribution < 1.29 is 0 Å². The predicted molar refractivity (Wildman–Crippen MR) is 85.1 cm³/mol.